The van der Waals surface area contributed by atoms with E-state index in [-0.39, 0.29) is 5.54 Å². The van der Waals surface area contributed by atoms with E-state index >= 15 is 0 Å². The molecule has 0 amide bonds. The van der Waals surface area contributed by atoms with E-state index in [1.807, 2.05) is 18.5 Å². The van der Waals surface area contributed by atoms with Crippen LogP contribution in [0.25, 0.3) is 0 Å². The predicted molar refractivity (Wildman–Crippen MR) is 60.1 cm³/mol. The molecular weight excluding hydrogens is 172 g/mol. The van der Waals surface area contributed by atoms with Crippen molar-refractivity contribution in [2.24, 2.45) is 0 Å². The number of hydrogen-bond acceptors (Lipinski definition) is 2. The standard InChI is InChI=1S/C12H20N2/c1-4-12(3,5-2)14-10-11-7-6-8-13-9-11/h6-9,14H,4-5,10H2,1-3H3. The van der Waals surface area contributed by atoms with Gasteiger partial charge >= 0.3 is 0 Å². The third-order valence-electron chi connectivity index (χ3n) is 3.00. The van der Waals surface area contributed by atoms with E-state index < -0.39 is 0 Å². The van der Waals surface area contributed by atoms with Crippen LogP contribution in [0.1, 0.15) is 39.2 Å². The molecule has 1 aromatic heterocycles. The molecule has 0 aliphatic heterocycles. The molecule has 2 nitrogen and oxygen atoms in total. The van der Waals surface area contributed by atoms with Crippen LogP contribution >= 0.6 is 0 Å². The molecule has 0 aromatic carbocycles. The molecule has 14 heavy (non-hydrogen) atoms. The number of nitrogens with zero attached hydrogens (tertiary/aromatic N) is 1. The Bertz CT molecular complexity index is 252. The summed E-state index contributed by atoms with van der Waals surface area (Å²) in [7, 11) is 0. The van der Waals surface area contributed by atoms with Crippen molar-refractivity contribution in [3.05, 3.63) is 30.1 Å². The molecule has 0 atom stereocenters. The van der Waals surface area contributed by atoms with E-state index in [1.165, 1.54) is 5.56 Å². The van der Waals surface area contributed by atoms with Gasteiger partial charge in [-0.1, -0.05) is 19.9 Å². The van der Waals surface area contributed by atoms with Crippen LogP contribution in [-0.4, -0.2) is 10.5 Å². The molecule has 0 aliphatic rings. The minimum Gasteiger partial charge on any atom is -0.307 e. The van der Waals surface area contributed by atoms with Crippen LogP contribution in [0.2, 0.25) is 0 Å². The molecule has 78 valence electrons. The lowest BCUT2D eigenvalue weighted by Crippen LogP contribution is -2.40. The monoisotopic (exact) mass is 192 g/mol. The summed E-state index contributed by atoms with van der Waals surface area (Å²) >= 11 is 0. The van der Waals surface area contributed by atoms with Crippen LogP contribution in [0, 0.1) is 0 Å². The van der Waals surface area contributed by atoms with E-state index in [1.54, 1.807) is 0 Å². The highest BCUT2D eigenvalue weighted by molar-refractivity contribution is 5.08. The minimum absolute atomic E-state index is 0.260. The molecule has 1 heterocycles. The van der Waals surface area contributed by atoms with E-state index in [0.29, 0.717) is 0 Å². The molecule has 0 aliphatic carbocycles. The minimum atomic E-state index is 0.260. The van der Waals surface area contributed by atoms with Crippen LogP contribution < -0.4 is 5.32 Å². The van der Waals surface area contributed by atoms with Crippen LogP contribution in [-0.2, 0) is 6.54 Å². The Hall–Kier alpha value is -0.890. The van der Waals surface area contributed by atoms with E-state index in [0.717, 1.165) is 19.4 Å². The Morgan fingerprint density at radius 2 is 2.07 bits per heavy atom. The highest BCUT2D eigenvalue weighted by Gasteiger charge is 2.17. The lowest BCUT2D eigenvalue weighted by atomic mass is 9.95. The van der Waals surface area contributed by atoms with Crippen molar-refractivity contribution in [2.45, 2.75) is 45.7 Å². The van der Waals surface area contributed by atoms with Gasteiger partial charge < -0.3 is 5.32 Å². The lowest BCUT2D eigenvalue weighted by Gasteiger charge is -2.28. The second kappa shape index (κ2) is 5.11. The van der Waals surface area contributed by atoms with E-state index in [4.69, 9.17) is 0 Å². The van der Waals surface area contributed by atoms with Gasteiger partial charge in [0.25, 0.3) is 0 Å². The maximum atomic E-state index is 4.10. The second-order valence-corrected chi connectivity index (χ2v) is 3.98. The number of pyridine rings is 1. The van der Waals surface area contributed by atoms with Crippen molar-refractivity contribution in [2.75, 3.05) is 0 Å². The number of aromatic nitrogens is 1. The molecule has 0 radical (unpaired) electrons. The average molecular weight is 192 g/mol. The summed E-state index contributed by atoms with van der Waals surface area (Å²) in [5.41, 5.74) is 1.51. The third kappa shape index (κ3) is 3.11. The summed E-state index contributed by atoms with van der Waals surface area (Å²) in [6.45, 7) is 7.62. The molecule has 0 saturated carbocycles. The quantitative estimate of drug-likeness (QED) is 0.776. The molecule has 0 saturated heterocycles. The summed E-state index contributed by atoms with van der Waals surface area (Å²) in [6.07, 6.45) is 6.04. The highest BCUT2D eigenvalue weighted by atomic mass is 15.0. The van der Waals surface area contributed by atoms with Gasteiger partial charge in [-0.3, -0.25) is 4.98 Å². The molecule has 0 unspecified atom stereocenters. The van der Waals surface area contributed by atoms with E-state index in [2.05, 4.69) is 37.1 Å². The molecule has 1 rings (SSSR count). The Kier molecular flexibility index (Phi) is 4.08. The molecule has 0 spiro atoms. The van der Waals surface area contributed by atoms with Crippen molar-refractivity contribution < 1.29 is 0 Å². The van der Waals surface area contributed by atoms with Crippen LogP contribution in [0.5, 0.6) is 0 Å². The molecule has 1 aromatic rings. The second-order valence-electron chi connectivity index (χ2n) is 3.98. The summed E-state index contributed by atoms with van der Waals surface area (Å²) in [5, 5.41) is 3.57. The Morgan fingerprint density at radius 3 is 2.57 bits per heavy atom. The van der Waals surface area contributed by atoms with Gasteiger partial charge in [-0.2, -0.15) is 0 Å². The first kappa shape index (κ1) is 11.2. The predicted octanol–water partition coefficient (Wildman–Crippen LogP) is 2.75. The Balaban J connectivity index is 2.48. The van der Waals surface area contributed by atoms with Crippen molar-refractivity contribution in [3.8, 4) is 0 Å². The van der Waals surface area contributed by atoms with Crippen LogP contribution in [0.15, 0.2) is 24.5 Å². The molecule has 2 heteroatoms. The van der Waals surface area contributed by atoms with Gasteiger partial charge in [0.15, 0.2) is 0 Å². The first-order chi connectivity index (χ1) is 6.70. The third-order valence-corrected chi connectivity index (χ3v) is 3.00. The molecule has 0 fully saturated rings. The number of nitrogens with one attached hydrogen (secondary N) is 1. The topological polar surface area (TPSA) is 24.9 Å². The fourth-order valence-electron chi connectivity index (χ4n) is 1.32. The van der Waals surface area contributed by atoms with Crippen LogP contribution in [0.3, 0.4) is 0 Å². The summed E-state index contributed by atoms with van der Waals surface area (Å²) in [5.74, 6) is 0. The van der Waals surface area contributed by atoms with Gasteiger partial charge in [-0.25, -0.2) is 0 Å². The fourth-order valence-corrected chi connectivity index (χ4v) is 1.32. The van der Waals surface area contributed by atoms with Gasteiger partial charge in [0.05, 0.1) is 0 Å². The fraction of sp³-hybridized carbons (Fsp3) is 0.583. The smallest absolute Gasteiger partial charge is 0.0312 e. The van der Waals surface area contributed by atoms with Gasteiger partial charge in [0.1, 0.15) is 0 Å². The maximum absolute atomic E-state index is 4.10. The zero-order valence-electron chi connectivity index (χ0n) is 9.38. The summed E-state index contributed by atoms with van der Waals surface area (Å²) in [6, 6.07) is 4.08. The van der Waals surface area contributed by atoms with Gasteiger partial charge in [0, 0.05) is 24.5 Å². The molecular formula is C12H20N2. The summed E-state index contributed by atoms with van der Waals surface area (Å²) in [4.78, 5) is 4.10. The first-order valence-corrected chi connectivity index (χ1v) is 5.34. The Morgan fingerprint density at radius 1 is 1.36 bits per heavy atom. The highest BCUT2D eigenvalue weighted by Crippen LogP contribution is 2.14. The average Bonchev–Trinajstić information content (AvgIpc) is 2.27. The largest absolute Gasteiger partial charge is 0.307 e. The number of hydrogen-bond donors (Lipinski definition) is 1. The molecule has 0 bridgehead atoms. The van der Waals surface area contributed by atoms with Crippen LogP contribution in [0.4, 0.5) is 0 Å². The molecule has 1 N–H and O–H groups in total. The van der Waals surface area contributed by atoms with Gasteiger partial charge in [0.2, 0.25) is 0 Å². The van der Waals surface area contributed by atoms with Crippen molar-refractivity contribution in [1.29, 1.82) is 0 Å². The first-order valence-electron chi connectivity index (χ1n) is 5.34. The van der Waals surface area contributed by atoms with Gasteiger partial charge in [-0.15, -0.1) is 0 Å². The van der Waals surface area contributed by atoms with Gasteiger partial charge in [-0.05, 0) is 31.4 Å². The lowest BCUT2D eigenvalue weighted by molar-refractivity contribution is 0.329. The maximum Gasteiger partial charge on any atom is 0.0312 e. The SMILES string of the molecule is CCC(C)(CC)NCc1cccnc1. The summed E-state index contributed by atoms with van der Waals surface area (Å²) < 4.78 is 0. The normalized spacial score (nSPS) is 11.6. The van der Waals surface area contributed by atoms with Crippen molar-refractivity contribution in [3.63, 3.8) is 0 Å². The van der Waals surface area contributed by atoms with Crippen molar-refractivity contribution in [1.82, 2.24) is 10.3 Å². The zero-order valence-corrected chi connectivity index (χ0v) is 9.38. The Labute approximate surface area is 86.8 Å². The zero-order chi connectivity index (χ0) is 10.4. The number of rotatable bonds is 5. The van der Waals surface area contributed by atoms with Crippen molar-refractivity contribution >= 4 is 0 Å². The van der Waals surface area contributed by atoms with E-state index in [9.17, 15) is 0 Å².